The van der Waals surface area contributed by atoms with Crippen molar-refractivity contribution < 1.29 is 9.52 Å². The van der Waals surface area contributed by atoms with Crippen LogP contribution in [0, 0.1) is 6.92 Å². The molecule has 0 bridgehead atoms. The molecule has 2 heterocycles. The number of aromatic hydroxyl groups is 1. The van der Waals surface area contributed by atoms with Crippen LogP contribution >= 0.6 is 11.3 Å². The number of benzene rings is 1. The third kappa shape index (κ3) is 1.45. The van der Waals surface area contributed by atoms with E-state index in [1.807, 2.05) is 25.1 Å². The third-order valence-corrected chi connectivity index (χ3v) is 3.11. The number of aromatic nitrogens is 2. The third-order valence-electron chi connectivity index (χ3n) is 2.23. The highest BCUT2D eigenvalue weighted by atomic mass is 32.1. The Labute approximate surface area is 95.2 Å². The zero-order valence-corrected chi connectivity index (χ0v) is 9.28. The van der Waals surface area contributed by atoms with Crippen LogP contribution in [0.15, 0.2) is 28.0 Å². The number of hydrogen-bond donors (Lipinski definition) is 1. The van der Waals surface area contributed by atoms with Crippen LogP contribution in [0.2, 0.25) is 0 Å². The number of hydrogen-bond acceptors (Lipinski definition) is 5. The highest BCUT2D eigenvalue weighted by molar-refractivity contribution is 7.13. The second-order valence-electron chi connectivity index (χ2n) is 3.43. The molecule has 0 radical (unpaired) electrons. The van der Waals surface area contributed by atoms with Crippen LogP contribution in [-0.2, 0) is 0 Å². The fourth-order valence-corrected chi connectivity index (χ4v) is 2.25. The van der Waals surface area contributed by atoms with Gasteiger partial charge in [-0.3, -0.25) is 0 Å². The summed E-state index contributed by atoms with van der Waals surface area (Å²) in [5.41, 5.74) is 2.50. The fraction of sp³-hybridized carbons (Fsp3) is 0.0909. The molecule has 1 aromatic carbocycles. The van der Waals surface area contributed by atoms with Crippen LogP contribution in [0.25, 0.3) is 21.7 Å². The molecule has 0 aliphatic heterocycles. The Balaban J connectivity index is 2.17. The van der Waals surface area contributed by atoms with Gasteiger partial charge >= 0.3 is 0 Å². The molecule has 0 fully saturated rings. The lowest BCUT2D eigenvalue weighted by Crippen LogP contribution is -1.75. The van der Waals surface area contributed by atoms with Crippen molar-refractivity contribution in [3.63, 3.8) is 0 Å². The van der Waals surface area contributed by atoms with E-state index in [9.17, 15) is 5.11 Å². The first-order chi connectivity index (χ1) is 7.72. The molecule has 0 atom stereocenters. The summed E-state index contributed by atoms with van der Waals surface area (Å²) in [6.45, 7) is 1.81. The zero-order chi connectivity index (χ0) is 11.1. The Morgan fingerprint density at radius 1 is 1.31 bits per heavy atom. The molecule has 0 aliphatic rings. The minimum absolute atomic E-state index is 0.0499. The summed E-state index contributed by atoms with van der Waals surface area (Å²) in [4.78, 5) is 8.23. The van der Waals surface area contributed by atoms with Crippen LogP contribution in [0.4, 0.5) is 0 Å². The Bertz CT molecular complexity index is 657. The summed E-state index contributed by atoms with van der Waals surface area (Å²) in [6, 6.07) is 5.69. The largest absolute Gasteiger partial charge is 0.493 e. The average Bonchev–Trinajstić information content (AvgIpc) is 2.81. The van der Waals surface area contributed by atoms with Gasteiger partial charge in [0.25, 0.3) is 0 Å². The van der Waals surface area contributed by atoms with Gasteiger partial charge in [-0.25, -0.2) is 9.97 Å². The lowest BCUT2D eigenvalue weighted by Gasteiger charge is -1.94. The number of aryl methyl sites for hydroxylation is 1. The molecule has 0 aliphatic carbocycles. The van der Waals surface area contributed by atoms with Gasteiger partial charge in [0.15, 0.2) is 11.5 Å². The zero-order valence-electron chi connectivity index (χ0n) is 8.47. The minimum atomic E-state index is 0.0499. The number of rotatable bonds is 1. The topological polar surface area (TPSA) is 59.2 Å². The smallest absolute Gasteiger partial charge is 0.222 e. The second-order valence-corrected chi connectivity index (χ2v) is 4.28. The van der Waals surface area contributed by atoms with Crippen molar-refractivity contribution in [3.05, 3.63) is 29.5 Å². The number of thiazole rings is 1. The van der Waals surface area contributed by atoms with Gasteiger partial charge in [-0.15, -0.1) is 11.3 Å². The Kier molecular flexibility index (Phi) is 1.94. The standard InChI is InChI=1S/C11H8N2O2S/c1-6-12-8-3-2-7(4-9(8)15-6)11-13-10(14)5-16-11/h2-5,14H,1H3. The van der Waals surface area contributed by atoms with Crippen LogP contribution in [0.3, 0.4) is 0 Å². The molecule has 0 saturated heterocycles. The molecule has 2 aromatic heterocycles. The molecule has 4 nitrogen and oxygen atoms in total. The van der Waals surface area contributed by atoms with E-state index in [0.717, 1.165) is 21.7 Å². The second kappa shape index (κ2) is 3.31. The Hall–Kier alpha value is -1.88. The molecule has 16 heavy (non-hydrogen) atoms. The van der Waals surface area contributed by atoms with Gasteiger partial charge in [0.1, 0.15) is 10.5 Å². The van der Waals surface area contributed by atoms with Gasteiger partial charge in [0, 0.05) is 12.5 Å². The summed E-state index contributed by atoms with van der Waals surface area (Å²) in [5, 5.41) is 11.6. The SMILES string of the molecule is Cc1nc2ccc(-c3nc(O)cs3)cc2o1. The molecule has 3 aromatic rings. The van der Waals surface area contributed by atoms with E-state index in [-0.39, 0.29) is 5.88 Å². The molecule has 0 amide bonds. The average molecular weight is 232 g/mol. The van der Waals surface area contributed by atoms with Crippen LogP contribution in [0.1, 0.15) is 5.89 Å². The van der Waals surface area contributed by atoms with Crippen molar-refractivity contribution in [1.29, 1.82) is 0 Å². The number of nitrogens with zero attached hydrogens (tertiary/aromatic N) is 2. The predicted molar refractivity (Wildman–Crippen MR) is 61.5 cm³/mol. The summed E-state index contributed by atoms with van der Waals surface area (Å²) in [7, 11) is 0. The van der Waals surface area contributed by atoms with Gasteiger partial charge in [-0.2, -0.15) is 0 Å². The summed E-state index contributed by atoms with van der Waals surface area (Å²) in [6.07, 6.45) is 0. The lowest BCUT2D eigenvalue weighted by atomic mass is 10.2. The fourth-order valence-electron chi connectivity index (χ4n) is 1.57. The van der Waals surface area contributed by atoms with E-state index < -0.39 is 0 Å². The van der Waals surface area contributed by atoms with Crippen molar-refractivity contribution in [3.8, 4) is 16.5 Å². The molecule has 80 valence electrons. The van der Waals surface area contributed by atoms with E-state index in [1.165, 1.54) is 11.3 Å². The maximum Gasteiger partial charge on any atom is 0.222 e. The van der Waals surface area contributed by atoms with Gasteiger partial charge < -0.3 is 9.52 Å². The van der Waals surface area contributed by atoms with Gasteiger partial charge in [0.05, 0.1) is 5.38 Å². The minimum Gasteiger partial charge on any atom is -0.493 e. The molecule has 0 spiro atoms. The van der Waals surface area contributed by atoms with E-state index in [1.54, 1.807) is 5.38 Å². The maximum atomic E-state index is 9.20. The molecule has 3 rings (SSSR count). The Morgan fingerprint density at radius 2 is 2.19 bits per heavy atom. The molecule has 5 heteroatoms. The van der Waals surface area contributed by atoms with Crippen molar-refractivity contribution >= 4 is 22.4 Å². The normalized spacial score (nSPS) is 11.1. The van der Waals surface area contributed by atoms with Crippen molar-refractivity contribution in [2.75, 3.05) is 0 Å². The van der Waals surface area contributed by atoms with Gasteiger partial charge in [0.2, 0.25) is 5.88 Å². The summed E-state index contributed by atoms with van der Waals surface area (Å²) < 4.78 is 5.44. The molecule has 0 saturated carbocycles. The first-order valence-electron chi connectivity index (χ1n) is 4.74. The molecular formula is C11H8N2O2S. The predicted octanol–water partition coefficient (Wildman–Crippen LogP) is 2.97. The van der Waals surface area contributed by atoms with E-state index >= 15 is 0 Å². The summed E-state index contributed by atoms with van der Waals surface area (Å²) in [5.74, 6) is 0.697. The van der Waals surface area contributed by atoms with Crippen LogP contribution in [-0.4, -0.2) is 15.1 Å². The first-order valence-corrected chi connectivity index (χ1v) is 5.62. The summed E-state index contributed by atoms with van der Waals surface area (Å²) >= 11 is 1.39. The number of fused-ring (bicyclic) bond motifs is 1. The highest BCUT2D eigenvalue weighted by Crippen LogP contribution is 2.29. The molecule has 1 N–H and O–H groups in total. The van der Waals surface area contributed by atoms with E-state index in [2.05, 4.69) is 9.97 Å². The van der Waals surface area contributed by atoms with Crippen molar-refractivity contribution in [1.82, 2.24) is 9.97 Å². The first kappa shape index (κ1) is 9.35. The van der Waals surface area contributed by atoms with Crippen molar-refractivity contribution in [2.45, 2.75) is 6.92 Å². The quantitative estimate of drug-likeness (QED) is 0.700. The van der Waals surface area contributed by atoms with Gasteiger partial charge in [-0.1, -0.05) is 0 Å². The highest BCUT2D eigenvalue weighted by Gasteiger charge is 2.07. The maximum absolute atomic E-state index is 9.20. The van der Waals surface area contributed by atoms with E-state index in [4.69, 9.17) is 4.42 Å². The van der Waals surface area contributed by atoms with Crippen LogP contribution < -0.4 is 0 Å². The molecule has 0 unspecified atom stereocenters. The molecular weight excluding hydrogens is 224 g/mol. The van der Waals surface area contributed by atoms with Gasteiger partial charge in [-0.05, 0) is 18.2 Å². The number of oxazole rings is 1. The van der Waals surface area contributed by atoms with Crippen molar-refractivity contribution in [2.24, 2.45) is 0 Å². The van der Waals surface area contributed by atoms with Crippen LogP contribution in [0.5, 0.6) is 5.88 Å². The van der Waals surface area contributed by atoms with E-state index in [0.29, 0.717) is 5.89 Å². The lowest BCUT2D eigenvalue weighted by molar-refractivity contribution is 0.458. The monoisotopic (exact) mass is 232 g/mol. The Morgan fingerprint density at radius 3 is 2.94 bits per heavy atom.